The van der Waals surface area contributed by atoms with Gasteiger partial charge in [0.2, 0.25) is 0 Å². The second kappa shape index (κ2) is 7.56. The third-order valence-electron chi connectivity index (χ3n) is 2.67. The number of rotatable bonds is 7. The van der Waals surface area contributed by atoms with Crippen LogP contribution in [0.15, 0.2) is 12.3 Å². The number of anilines is 1. The minimum absolute atomic E-state index is 0.310. The zero-order chi connectivity index (χ0) is 12.7. The second-order valence-electron chi connectivity index (χ2n) is 4.11. The topological polar surface area (TPSA) is 50.9 Å². The van der Waals surface area contributed by atoms with Crippen LogP contribution in [0.1, 0.15) is 37.4 Å². The zero-order valence-electron chi connectivity index (χ0n) is 11.0. The molecule has 17 heavy (non-hydrogen) atoms. The van der Waals surface area contributed by atoms with Gasteiger partial charge in [-0.1, -0.05) is 13.8 Å². The van der Waals surface area contributed by atoms with E-state index in [4.69, 9.17) is 5.73 Å². The number of thioether (sulfide) groups is 1. The Kier molecular flexibility index (Phi) is 6.37. The maximum atomic E-state index is 6.00. The van der Waals surface area contributed by atoms with Crippen LogP contribution in [0, 0.1) is 6.92 Å². The van der Waals surface area contributed by atoms with E-state index in [1.807, 2.05) is 17.8 Å². The highest BCUT2D eigenvalue weighted by atomic mass is 32.2. The molecule has 0 aliphatic rings. The maximum absolute atomic E-state index is 6.00. The molecule has 1 atom stereocenters. The van der Waals surface area contributed by atoms with E-state index in [2.05, 4.69) is 31.1 Å². The minimum Gasteiger partial charge on any atom is -0.383 e. The third kappa shape index (κ3) is 4.21. The monoisotopic (exact) mass is 253 g/mol. The SMILES string of the molecule is CCCSCC(NCC)c1c(C)ccnc1N. The van der Waals surface area contributed by atoms with Gasteiger partial charge in [0.1, 0.15) is 5.82 Å². The molecular formula is C13H23N3S. The van der Waals surface area contributed by atoms with E-state index in [0.29, 0.717) is 11.9 Å². The summed E-state index contributed by atoms with van der Waals surface area (Å²) < 4.78 is 0. The number of nitrogens with zero attached hydrogens (tertiary/aromatic N) is 1. The Morgan fingerprint density at radius 1 is 1.47 bits per heavy atom. The van der Waals surface area contributed by atoms with E-state index in [1.54, 1.807) is 6.20 Å². The molecule has 0 radical (unpaired) electrons. The van der Waals surface area contributed by atoms with Crippen molar-refractivity contribution in [3.05, 3.63) is 23.4 Å². The standard InChI is InChI=1S/C13H23N3S/c1-4-8-17-9-11(15-5-2)12-10(3)6-7-16-13(12)14/h6-7,11,15H,4-5,8-9H2,1-3H3,(H2,14,16). The van der Waals surface area contributed by atoms with Crippen molar-refractivity contribution in [2.75, 3.05) is 23.8 Å². The summed E-state index contributed by atoms with van der Waals surface area (Å²) in [4.78, 5) is 4.20. The van der Waals surface area contributed by atoms with E-state index in [9.17, 15) is 0 Å². The Labute approximate surface area is 109 Å². The summed E-state index contributed by atoms with van der Waals surface area (Å²) in [5, 5.41) is 3.50. The lowest BCUT2D eigenvalue weighted by atomic mass is 10.0. The molecule has 96 valence electrons. The summed E-state index contributed by atoms with van der Waals surface area (Å²) in [5.41, 5.74) is 8.38. The van der Waals surface area contributed by atoms with E-state index >= 15 is 0 Å². The number of hydrogen-bond acceptors (Lipinski definition) is 4. The van der Waals surface area contributed by atoms with Crippen LogP contribution in [0.3, 0.4) is 0 Å². The minimum atomic E-state index is 0.310. The fraction of sp³-hybridized carbons (Fsp3) is 0.615. The van der Waals surface area contributed by atoms with Gasteiger partial charge in [0.25, 0.3) is 0 Å². The molecule has 0 amide bonds. The van der Waals surface area contributed by atoms with E-state index in [0.717, 1.165) is 17.9 Å². The molecule has 1 heterocycles. The van der Waals surface area contributed by atoms with Crippen LogP contribution < -0.4 is 11.1 Å². The highest BCUT2D eigenvalue weighted by Gasteiger charge is 2.16. The fourth-order valence-electron chi connectivity index (χ4n) is 1.88. The number of nitrogens with two attached hydrogens (primary N) is 1. The summed E-state index contributed by atoms with van der Waals surface area (Å²) in [7, 11) is 0. The number of aryl methyl sites for hydroxylation is 1. The van der Waals surface area contributed by atoms with Crippen molar-refractivity contribution in [2.45, 2.75) is 33.2 Å². The largest absolute Gasteiger partial charge is 0.383 e. The van der Waals surface area contributed by atoms with Crippen molar-refractivity contribution >= 4 is 17.6 Å². The van der Waals surface area contributed by atoms with Gasteiger partial charge in [0.15, 0.2) is 0 Å². The van der Waals surface area contributed by atoms with Crippen molar-refractivity contribution in [2.24, 2.45) is 0 Å². The molecule has 1 rings (SSSR count). The summed E-state index contributed by atoms with van der Waals surface area (Å²) in [5.74, 6) is 2.91. The third-order valence-corrected chi connectivity index (χ3v) is 3.94. The smallest absolute Gasteiger partial charge is 0.128 e. The number of pyridine rings is 1. The first-order chi connectivity index (χ1) is 8.20. The second-order valence-corrected chi connectivity index (χ2v) is 5.26. The summed E-state index contributed by atoms with van der Waals surface area (Å²) >= 11 is 1.97. The molecule has 3 N–H and O–H groups in total. The van der Waals surface area contributed by atoms with Gasteiger partial charge in [-0.05, 0) is 37.3 Å². The molecule has 4 heteroatoms. The number of hydrogen-bond donors (Lipinski definition) is 2. The molecule has 0 fully saturated rings. The average molecular weight is 253 g/mol. The summed E-state index contributed by atoms with van der Waals surface area (Å²) in [6.07, 6.45) is 2.99. The van der Waals surface area contributed by atoms with Gasteiger partial charge >= 0.3 is 0 Å². The van der Waals surface area contributed by atoms with Crippen molar-refractivity contribution in [1.82, 2.24) is 10.3 Å². The molecular weight excluding hydrogens is 230 g/mol. The van der Waals surface area contributed by atoms with Gasteiger partial charge in [0, 0.05) is 23.6 Å². The van der Waals surface area contributed by atoms with Gasteiger partial charge in [-0.3, -0.25) is 0 Å². The predicted octanol–water partition coefficient (Wildman–Crippen LogP) is 2.77. The van der Waals surface area contributed by atoms with Crippen LogP contribution in [-0.2, 0) is 0 Å². The molecule has 0 saturated carbocycles. The highest BCUT2D eigenvalue weighted by molar-refractivity contribution is 7.99. The number of nitrogens with one attached hydrogen (secondary N) is 1. The molecule has 0 aliphatic carbocycles. The van der Waals surface area contributed by atoms with E-state index in [-0.39, 0.29) is 0 Å². The Morgan fingerprint density at radius 3 is 2.82 bits per heavy atom. The molecule has 0 bridgehead atoms. The van der Waals surface area contributed by atoms with Crippen molar-refractivity contribution in [3.63, 3.8) is 0 Å². The molecule has 0 spiro atoms. The quantitative estimate of drug-likeness (QED) is 0.734. The van der Waals surface area contributed by atoms with Gasteiger partial charge in [-0.15, -0.1) is 0 Å². The molecule has 1 aromatic rings. The van der Waals surface area contributed by atoms with E-state index < -0.39 is 0 Å². The van der Waals surface area contributed by atoms with Crippen molar-refractivity contribution in [3.8, 4) is 0 Å². The van der Waals surface area contributed by atoms with Crippen LogP contribution in [0.25, 0.3) is 0 Å². The maximum Gasteiger partial charge on any atom is 0.128 e. The Morgan fingerprint density at radius 2 is 2.24 bits per heavy atom. The summed E-state index contributed by atoms with van der Waals surface area (Å²) in [6, 6.07) is 2.34. The van der Waals surface area contributed by atoms with Gasteiger partial charge in [-0.2, -0.15) is 11.8 Å². The lowest BCUT2D eigenvalue weighted by molar-refractivity contribution is 0.603. The van der Waals surface area contributed by atoms with Gasteiger partial charge in [-0.25, -0.2) is 4.98 Å². The molecule has 1 aromatic heterocycles. The predicted molar refractivity (Wildman–Crippen MR) is 77.4 cm³/mol. The molecule has 1 unspecified atom stereocenters. The lowest BCUT2D eigenvalue weighted by Crippen LogP contribution is -2.25. The van der Waals surface area contributed by atoms with Crippen LogP contribution >= 0.6 is 11.8 Å². The first-order valence-electron chi connectivity index (χ1n) is 6.22. The summed E-state index contributed by atoms with van der Waals surface area (Å²) in [6.45, 7) is 7.38. The molecule has 0 saturated heterocycles. The van der Waals surface area contributed by atoms with E-state index in [1.165, 1.54) is 17.7 Å². The van der Waals surface area contributed by atoms with Crippen LogP contribution in [0.2, 0.25) is 0 Å². The molecule has 0 aliphatic heterocycles. The van der Waals surface area contributed by atoms with Crippen molar-refractivity contribution in [1.29, 1.82) is 0 Å². The van der Waals surface area contributed by atoms with Gasteiger partial charge < -0.3 is 11.1 Å². The number of aromatic nitrogens is 1. The van der Waals surface area contributed by atoms with Crippen molar-refractivity contribution < 1.29 is 0 Å². The Bertz CT molecular complexity index is 321. The first-order valence-corrected chi connectivity index (χ1v) is 7.38. The number of nitrogen functional groups attached to an aromatic ring is 1. The van der Waals surface area contributed by atoms with Crippen LogP contribution in [-0.4, -0.2) is 23.0 Å². The molecule has 0 aromatic carbocycles. The zero-order valence-corrected chi connectivity index (χ0v) is 11.8. The van der Waals surface area contributed by atoms with Gasteiger partial charge in [0.05, 0.1) is 0 Å². The Hall–Kier alpha value is -0.740. The lowest BCUT2D eigenvalue weighted by Gasteiger charge is -2.21. The fourth-order valence-corrected chi connectivity index (χ4v) is 2.86. The normalized spacial score (nSPS) is 12.6. The first kappa shape index (κ1) is 14.3. The highest BCUT2D eigenvalue weighted by Crippen LogP contribution is 2.25. The average Bonchev–Trinajstić information content (AvgIpc) is 2.29. The van der Waals surface area contributed by atoms with Crippen LogP contribution in [0.5, 0.6) is 0 Å². The van der Waals surface area contributed by atoms with Crippen LogP contribution in [0.4, 0.5) is 5.82 Å². The Balaban J connectivity index is 2.81. The molecule has 3 nitrogen and oxygen atoms in total.